The summed E-state index contributed by atoms with van der Waals surface area (Å²) in [7, 11) is 1.63. The van der Waals surface area contributed by atoms with Crippen LogP contribution in [-0.2, 0) is 11.3 Å². The zero-order chi connectivity index (χ0) is 22.2. The number of alkyl halides is 3. The van der Waals surface area contributed by atoms with Crippen LogP contribution < -0.4 is 10.1 Å². The van der Waals surface area contributed by atoms with Gasteiger partial charge in [-0.1, -0.05) is 12.1 Å². The zero-order valence-corrected chi connectivity index (χ0v) is 16.7. The molecule has 0 aliphatic carbocycles. The summed E-state index contributed by atoms with van der Waals surface area (Å²) in [6.07, 6.45) is -4.06. The number of methoxy groups -OCH3 is 1. The Morgan fingerprint density at radius 1 is 1.26 bits per heavy atom. The molecule has 1 saturated heterocycles. The third-order valence-electron chi connectivity index (χ3n) is 5.60. The van der Waals surface area contributed by atoms with Gasteiger partial charge in [-0.2, -0.15) is 5.26 Å². The molecule has 162 valence electrons. The molecule has 6 nitrogen and oxygen atoms in total. The quantitative estimate of drug-likeness (QED) is 0.785. The SMILES string of the molecule is COC[C@@H]1C[C@@H](N2Cc3c(C#N)cc(-c4cccc(OC(F)(F)F)c4)cc3C2=O)CN1. The van der Waals surface area contributed by atoms with Crippen LogP contribution in [0.1, 0.15) is 27.9 Å². The molecule has 2 aliphatic heterocycles. The molecule has 4 rings (SSSR count). The molecule has 0 aromatic heterocycles. The van der Waals surface area contributed by atoms with Crippen LogP contribution in [0.3, 0.4) is 0 Å². The Hall–Kier alpha value is -3.09. The maximum Gasteiger partial charge on any atom is 0.573 e. The molecule has 0 radical (unpaired) electrons. The Labute approximate surface area is 177 Å². The number of ether oxygens (including phenoxy) is 2. The van der Waals surface area contributed by atoms with E-state index in [-0.39, 0.29) is 23.7 Å². The second-order valence-corrected chi connectivity index (χ2v) is 7.62. The van der Waals surface area contributed by atoms with Crippen LogP contribution in [0.2, 0.25) is 0 Å². The van der Waals surface area contributed by atoms with Gasteiger partial charge in [-0.05, 0) is 41.8 Å². The summed E-state index contributed by atoms with van der Waals surface area (Å²) >= 11 is 0. The summed E-state index contributed by atoms with van der Waals surface area (Å²) in [5.41, 5.74) is 2.31. The lowest BCUT2D eigenvalue weighted by atomic mass is 9.96. The molecular weight excluding hydrogens is 411 g/mol. The lowest BCUT2D eigenvalue weighted by molar-refractivity contribution is -0.274. The lowest BCUT2D eigenvalue weighted by Crippen LogP contribution is -2.36. The number of amides is 1. The minimum atomic E-state index is -4.80. The van der Waals surface area contributed by atoms with E-state index < -0.39 is 6.36 Å². The van der Waals surface area contributed by atoms with Crippen molar-refractivity contribution in [2.45, 2.75) is 31.4 Å². The van der Waals surface area contributed by atoms with Crippen LogP contribution in [-0.4, -0.2) is 49.5 Å². The predicted octanol–water partition coefficient (Wildman–Crippen LogP) is 3.46. The number of nitrogens with zero attached hydrogens (tertiary/aromatic N) is 2. The van der Waals surface area contributed by atoms with Crippen LogP contribution in [0, 0.1) is 11.3 Å². The van der Waals surface area contributed by atoms with Gasteiger partial charge in [0.05, 0.1) is 18.2 Å². The smallest absolute Gasteiger partial charge is 0.406 e. The van der Waals surface area contributed by atoms with E-state index in [0.29, 0.717) is 47.5 Å². The van der Waals surface area contributed by atoms with E-state index in [1.54, 1.807) is 30.2 Å². The number of halogens is 3. The molecule has 31 heavy (non-hydrogen) atoms. The Balaban J connectivity index is 1.64. The van der Waals surface area contributed by atoms with E-state index >= 15 is 0 Å². The summed E-state index contributed by atoms with van der Waals surface area (Å²) in [5.74, 6) is -0.543. The van der Waals surface area contributed by atoms with Gasteiger partial charge in [0.1, 0.15) is 5.75 Å². The molecule has 1 amide bonds. The van der Waals surface area contributed by atoms with E-state index in [9.17, 15) is 23.2 Å². The molecule has 2 atom stereocenters. The first kappa shape index (κ1) is 21.2. The third-order valence-corrected chi connectivity index (χ3v) is 5.60. The van der Waals surface area contributed by atoms with Crippen molar-refractivity contribution < 1.29 is 27.4 Å². The van der Waals surface area contributed by atoms with Crippen LogP contribution in [0.25, 0.3) is 11.1 Å². The van der Waals surface area contributed by atoms with Gasteiger partial charge in [-0.3, -0.25) is 4.79 Å². The summed E-state index contributed by atoms with van der Waals surface area (Å²) < 4.78 is 46.9. The number of hydrogen-bond acceptors (Lipinski definition) is 5. The first-order valence-corrected chi connectivity index (χ1v) is 9.75. The second kappa shape index (κ2) is 8.21. The third kappa shape index (κ3) is 4.36. The van der Waals surface area contributed by atoms with Crippen molar-refractivity contribution in [3.05, 3.63) is 53.1 Å². The van der Waals surface area contributed by atoms with Crippen molar-refractivity contribution >= 4 is 5.91 Å². The van der Waals surface area contributed by atoms with E-state index in [1.165, 1.54) is 18.2 Å². The highest BCUT2D eigenvalue weighted by molar-refractivity contribution is 6.00. The van der Waals surface area contributed by atoms with Crippen LogP contribution in [0.15, 0.2) is 36.4 Å². The molecule has 2 aromatic carbocycles. The first-order valence-electron chi connectivity index (χ1n) is 9.75. The number of fused-ring (bicyclic) bond motifs is 1. The van der Waals surface area contributed by atoms with Crippen LogP contribution >= 0.6 is 0 Å². The number of nitriles is 1. The van der Waals surface area contributed by atoms with Gasteiger partial charge in [-0.15, -0.1) is 13.2 Å². The van der Waals surface area contributed by atoms with Gasteiger partial charge in [0.2, 0.25) is 0 Å². The Bertz CT molecular complexity index is 1050. The fraction of sp³-hybridized carbons (Fsp3) is 0.364. The number of carbonyl (C=O) groups is 1. The number of hydrogen-bond donors (Lipinski definition) is 1. The summed E-state index contributed by atoms with van der Waals surface area (Å²) in [4.78, 5) is 14.9. The fourth-order valence-electron chi connectivity index (χ4n) is 4.23. The summed E-state index contributed by atoms with van der Waals surface area (Å²) in [6, 6.07) is 11.0. The minimum absolute atomic E-state index is 0.0152. The van der Waals surface area contributed by atoms with Crippen molar-refractivity contribution in [3.8, 4) is 22.9 Å². The van der Waals surface area contributed by atoms with E-state index in [4.69, 9.17) is 4.74 Å². The molecule has 0 saturated carbocycles. The average Bonchev–Trinajstić information content (AvgIpc) is 3.31. The van der Waals surface area contributed by atoms with Gasteiger partial charge in [0, 0.05) is 43.4 Å². The van der Waals surface area contributed by atoms with Gasteiger partial charge >= 0.3 is 6.36 Å². The second-order valence-electron chi connectivity index (χ2n) is 7.62. The molecule has 0 spiro atoms. The van der Waals surface area contributed by atoms with E-state index in [0.717, 1.165) is 6.42 Å². The van der Waals surface area contributed by atoms with Crippen molar-refractivity contribution in [1.29, 1.82) is 5.26 Å². The topological polar surface area (TPSA) is 74.6 Å². The van der Waals surface area contributed by atoms with E-state index in [2.05, 4.69) is 16.1 Å². The van der Waals surface area contributed by atoms with Gasteiger partial charge in [0.25, 0.3) is 5.91 Å². The standard InChI is InChI=1S/C22H20F3N3O3/c1-30-12-16-8-17(10-27-16)28-11-20-15(9-26)5-14(7-19(20)21(28)29)13-3-2-4-18(6-13)31-22(23,24)25/h2-7,16-17,27H,8,10-12H2,1H3/t16-,17+/m0/s1. The van der Waals surface area contributed by atoms with E-state index in [1.807, 2.05) is 0 Å². The highest BCUT2D eigenvalue weighted by atomic mass is 19.4. The fourth-order valence-corrected chi connectivity index (χ4v) is 4.23. The number of benzene rings is 2. The van der Waals surface area contributed by atoms with Crippen molar-refractivity contribution in [3.63, 3.8) is 0 Å². The normalized spacial score (nSPS) is 20.6. The Kier molecular flexibility index (Phi) is 5.60. The van der Waals surface area contributed by atoms with Gasteiger partial charge in [0.15, 0.2) is 0 Å². The summed E-state index contributed by atoms with van der Waals surface area (Å²) in [6.45, 7) is 1.52. The lowest BCUT2D eigenvalue weighted by Gasteiger charge is -2.23. The van der Waals surface area contributed by atoms with Crippen molar-refractivity contribution in [2.75, 3.05) is 20.3 Å². The molecule has 1 fully saturated rings. The molecule has 0 bridgehead atoms. The summed E-state index contributed by atoms with van der Waals surface area (Å²) in [5, 5.41) is 13.0. The minimum Gasteiger partial charge on any atom is -0.406 e. The first-order chi connectivity index (χ1) is 14.8. The maximum atomic E-state index is 13.1. The van der Waals surface area contributed by atoms with Crippen molar-refractivity contribution in [1.82, 2.24) is 10.2 Å². The zero-order valence-electron chi connectivity index (χ0n) is 16.7. The average molecular weight is 431 g/mol. The number of nitrogens with one attached hydrogen (secondary N) is 1. The number of rotatable bonds is 5. The van der Waals surface area contributed by atoms with Crippen LogP contribution in [0.4, 0.5) is 13.2 Å². The maximum absolute atomic E-state index is 13.1. The highest BCUT2D eigenvalue weighted by Gasteiger charge is 2.38. The monoisotopic (exact) mass is 431 g/mol. The number of carbonyl (C=O) groups excluding carboxylic acids is 1. The Morgan fingerprint density at radius 3 is 2.77 bits per heavy atom. The largest absolute Gasteiger partial charge is 0.573 e. The van der Waals surface area contributed by atoms with Gasteiger partial charge < -0.3 is 19.7 Å². The molecular formula is C22H20F3N3O3. The molecule has 9 heteroatoms. The predicted molar refractivity (Wildman–Crippen MR) is 105 cm³/mol. The molecule has 2 aliphatic rings. The molecule has 0 unspecified atom stereocenters. The molecule has 2 heterocycles. The van der Waals surface area contributed by atoms with Gasteiger partial charge in [-0.25, -0.2) is 0 Å². The van der Waals surface area contributed by atoms with Crippen molar-refractivity contribution in [2.24, 2.45) is 0 Å². The molecule has 1 N–H and O–H groups in total. The Morgan fingerprint density at radius 2 is 2.06 bits per heavy atom. The molecule has 2 aromatic rings. The highest BCUT2D eigenvalue weighted by Crippen LogP contribution is 2.35. The van der Waals surface area contributed by atoms with Crippen LogP contribution in [0.5, 0.6) is 5.75 Å².